The van der Waals surface area contributed by atoms with Gasteiger partial charge < -0.3 is 10.2 Å². The summed E-state index contributed by atoms with van der Waals surface area (Å²) in [6.45, 7) is 1.61. The topological polar surface area (TPSA) is 69.0 Å². The van der Waals surface area contributed by atoms with Crippen LogP contribution in [-0.2, 0) is 11.3 Å². The van der Waals surface area contributed by atoms with E-state index in [4.69, 9.17) is 5.26 Å². The molecule has 0 saturated heterocycles. The van der Waals surface area contributed by atoms with Crippen LogP contribution in [0.15, 0.2) is 48.7 Å². The SMILES string of the molecule is CN(CCCC(=O)Nc1ccc(C#N)cc1)Cc1ccccn1. The molecule has 5 heteroatoms. The molecule has 1 aromatic carbocycles. The molecule has 0 spiro atoms. The molecule has 0 radical (unpaired) electrons. The average molecular weight is 308 g/mol. The van der Waals surface area contributed by atoms with Gasteiger partial charge in [-0.1, -0.05) is 6.07 Å². The summed E-state index contributed by atoms with van der Waals surface area (Å²) in [5, 5.41) is 11.6. The molecule has 1 N–H and O–H groups in total. The van der Waals surface area contributed by atoms with Gasteiger partial charge in [-0.15, -0.1) is 0 Å². The maximum atomic E-state index is 11.9. The van der Waals surface area contributed by atoms with E-state index in [0.717, 1.165) is 30.9 Å². The second kappa shape index (κ2) is 8.66. The zero-order chi connectivity index (χ0) is 16.5. The normalized spacial score (nSPS) is 10.3. The summed E-state index contributed by atoms with van der Waals surface area (Å²) in [5.74, 6) is -0.0130. The zero-order valence-corrected chi connectivity index (χ0v) is 13.2. The highest BCUT2D eigenvalue weighted by molar-refractivity contribution is 5.90. The number of anilines is 1. The molecular formula is C18H20N4O. The number of hydrogen-bond donors (Lipinski definition) is 1. The highest BCUT2D eigenvalue weighted by Gasteiger charge is 2.05. The van der Waals surface area contributed by atoms with Crippen LogP contribution in [0.25, 0.3) is 0 Å². The third-order valence-corrected chi connectivity index (χ3v) is 3.40. The van der Waals surface area contributed by atoms with Gasteiger partial charge in [-0.2, -0.15) is 5.26 Å². The first kappa shape index (κ1) is 16.7. The van der Waals surface area contributed by atoms with Crippen LogP contribution < -0.4 is 5.32 Å². The maximum absolute atomic E-state index is 11.9. The predicted octanol–water partition coefficient (Wildman–Crippen LogP) is 2.80. The van der Waals surface area contributed by atoms with E-state index in [1.165, 1.54) is 0 Å². The predicted molar refractivity (Wildman–Crippen MR) is 89.6 cm³/mol. The minimum Gasteiger partial charge on any atom is -0.326 e. The number of amides is 1. The number of nitrogens with zero attached hydrogens (tertiary/aromatic N) is 3. The highest BCUT2D eigenvalue weighted by atomic mass is 16.1. The van der Waals surface area contributed by atoms with Crippen molar-refractivity contribution in [3.8, 4) is 6.07 Å². The zero-order valence-electron chi connectivity index (χ0n) is 13.2. The maximum Gasteiger partial charge on any atom is 0.224 e. The monoisotopic (exact) mass is 308 g/mol. The molecule has 0 unspecified atom stereocenters. The van der Waals surface area contributed by atoms with Gasteiger partial charge in [0.15, 0.2) is 0 Å². The Kier molecular flexibility index (Phi) is 6.28. The fraction of sp³-hybridized carbons (Fsp3) is 0.278. The van der Waals surface area contributed by atoms with Gasteiger partial charge >= 0.3 is 0 Å². The average Bonchev–Trinajstić information content (AvgIpc) is 2.56. The number of pyridine rings is 1. The number of benzene rings is 1. The second-order valence-corrected chi connectivity index (χ2v) is 5.40. The molecule has 1 heterocycles. The Labute approximate surface area is 136 Å². The highest BCUT2D eigenvalue weighted by Crippen LogP contribution is 2.09. The molecule has 0 fully saturated rings. The molecule has 118 valence electrons. The molecule has 0 aliphatic heterocycles. The van der Waals surface area contributed by atoms with Crippen molar-refractivity contribution in [3.63, 3.8) is 0 Å². The number of carbonyl (C=O) groups is 1. The lowest BCUT2D eigenvalue weighted by Crippen LogP contribution is -2.21. The van der Waals surface area contributed by atoms with E-state index in [0.29, 0.717) is 12.0 Å². The third-order valence-electron chi connectivity index (χ3n) is 3.40. The summed E-state index contributed by atoms with van der Waals surface area (Å²) < 4.78 is 0. The molecule has 5 nitrogen and oxygen atoms in total. The molecule has 2 aromatic rings. The Bertz CT molecular complexity index is 662. The van der Waals surface area contributed by atoms with E-state index in [1.807, 2.05) is 25.2 Å². The molecule has 0 aliphatic rings. The number of hydrogen-bond acceptors (Lipinski definition) is 4. The van der Waals surface area contributed by atoms with Gasteiger partial charge in [0.25, 0.3) is 0 Å². The number of carbonyl (C=O) groups excluding carboxylic acids is 1. The van der Waals surface area contributed by atoms with Crippen molar-refractivity contribution < 1.29 is 4.79 Å². The van der Waals surface area contributed by atoms with Crippen molar-refractivity contribution in [1.29, 1.82) is 5.26 Å². The molecule has 1 amide bonds. The summed E-state index contributed by atoms with van der Waals surface area (Å²) >= 11 is 0. The third kappa shape index (κ3) is 5.89. The van der Waals surface area contributed by atoms with Crippen molar-refractivity contribution >= 4 is 11.6 Å². The fourth-order valence-electron chi connectivity index (χ4n) is 2.21. The Morgan fingerprint density at radius 2 is 2.04 bits per heavy atom. The fourth-order valence-corrected chi connectivity index (χ4v) is 2.21. The molecule has 23 heavy (non-hydrogen) atoms. The smallest absolute Gasteiger partial charge is 0.224 e. The van der Waals surface area contributed by atoms with E-state index in [1.54, 1.807) is 30.5 Å². The summed E-state index contributed by atoms with van der Waals surface area (Å²) in [6.07, 6.45) is 3.03. The van der Waals surface area contributed by atoms with Crippen molar-refractivity contribution in [2.75, 3.05) is 18.9 Å². The molecule has 0 aliphatic carbocycles. The number of nitriles is 1. The summed E-state index contributed by atoms with van der Waals surface area (Å²) in [4.78, 5) is 18.3. The van der Waals surface area contributed by atoms with Crippen LogP contribution in [0, 0.1) is 11.3 Å². The first-order chi connectivity index (χ1) is 11.2. The summed E-state index contributed by atoms with van der Waals surface area (Å²) in [5.41, 5.74) is 2.33. The van der Waals surface area contributed by atoms with Crippen LogP contribution in [0.3, 0.4) is 0 Å². The molecule has 0 saturated carbocycles. The van der Waals surface area contributed by atoms with Gasteiger partial charge in [0.05, 0.1) is 17.3 Å². The van der Waals surface area contributed by atoms with Crippen LogP contribution in [0.5, 0.6) is 0 Å². The van der Waals surface area contributed by atoms with E-state index >= 15 is 0 Å². The minimum absolute atomic E-state index is 0.0130. The van der Waals surface area contributed by atoms with Gasteiger partial charge in [0, 0.05) is 24.8 Å². The molecule has 0 bridgehead atoms. The van der Waals surface area contributed by atoms with Crippen molar-refractivity contribution in [1.82, 2.24) is 9.88 Å². The van der Waals surface area contributed by atoms with E-state index in [9.17, 15) is 4.79 Å². The molecular weight excluding hydrogens is 288 g/mol. The van der Waals surface area contributed by atoms with E-state index < -0.39 is 0 Å². The van der Waals surface area contributed by atoms with Crippen LogP contribution in [0.2, 0.25) is 0 Å². The summed E-state index contributed by atoms with van der Waals surface area (Å²) in [6, 6.07) is 14.8. The second-order valence-electron chi connectivity index (χ2n) is 5.40. The van der Waals surface area contributed by atoms with Crippen molar-refractivity contribution in [2.45, 2.75) is 19.4 Å². The Morgan fingerprint density at radius 3 is 2.70 bits per heavy atom. The van der Waals surface area contributed by atoms with Crippen molar-refractivity contribution in [3.05, 3.63) is 59.9 Å². The molecule has 0 atom stereocenters. The van der Waals surface area contributed by atoms with E-state index in [-0.39, 0.29) is 5.91 Å². The van der Waals surface area contributed by atoms with Gasteiger partial charge in [0.2, 0.25) is 5.91 Å². The lowest BCUT2D eigenvalue weighted by molar-refractivity contribution is -0.116. The Balaban J connectivity index is 1.69. The lowest BCUT2D eigenvalue weighted by Gasteiger charge is -2.15. The molecule has 1 aromatic heterocycles. The van der Waals surface area contributed by atoms with Gasteiger partial charge in [-0.3, -0.25) is 9.78 Å². The van der Waals surface area contributed by atoms with E-state index in [2.05, 4.69) is 21.3 Å². The standard InChI is InChI=1S/C18H20N4O/c1-22(14-17-5-2-3-11-20-17)12-4-6-18(23)21-16-9-7-15(13-19)8-10-16/h2-3,5,7-11H,4,6,12,14H2,1H3,(H,21,23). The first-order valence-corrected chi connectivity index (χ1v) is 7.56. The quantitative estimate of drug-likeness (QED) is 0.854. The number of aromatic nitrogens is 1. The van der Waals surface area contributed by atoms with Gasteiger partial charge in [-0.05, 0) is 56.4 Å². The largest absolute Gasteiger partial charge is 0.326 e. The van der Waals surface area contributed by atoms with Crippen LogP contribution >= 0.6 is 0 Å². The Morgan fingerprint density at radius 1 is 1.26 bits per heavy atom. The van der Waals surface area contributed by atoms with Crippen LogP contribution in [-0.4, -0.2) is 29.4 Å². The Hall–Kier alpha value is -2.71. The first-order valence-electron chi connectivity index (χ1n) is 7.56. The minimum atomic E-state index is -0.0130. The lowest BCUT2D eigenvalue weighted by atomic mass is 10.2. The number of nitrogens with one attached hydrogen (secondary N) is 1. The van der Waals surface area contributed by atoms with Crippen molar-refractivity contribution in [2.24, 2.45) is 0 Å². The van der Waals surface area contributed by atoms with Crippen LogP contribution in [0.1, 0.15) is 24.1 Å². The number of rotatable bonds is 7. The molecule has 2 rings (SSSR count). The summed E-state index contributed by atoms with van der Waals surface area (Å²) in [7, 11) is 2.02. The van der Waals surface area contributed by atoms with Gasteiger partial charge in [-0.25, -0.2) is 0 Å². The van der Waals surface area contributed by atoms with Gasteiger partial charge in [0.1, 0.15) is 0 Å². The van der Waals surface area contributed by atoms with Crippen LogP contribution in [0.4, 0.5) is 5.69 Å².